The quantitative estimate of drug-likeness (QED) is 0.801. The molecule has 0 spiro atoms. The van der Waals surface area contributed by atoms with Crippen LogP contribution in [-0.4, -0.2) is 25.2 Å². The smallest absolute Gasteiger partial charge is 0.178 e. The summed E-state index contributed by atoms with van der Waals surface area (Å²) >= 11 is 11.7. The zero-order valence-corrected chi connectivity index (χ0v) is 13.3. The minimum atomic E-state index is 0.692. The Balaban J connectivity index is 1.88. The van der Waals surface area contributed by atoms with Crippen LogP contribution < -0.4 is 15.1 Å². The van der Waals surface area contributed by atoms with E-state index in [1.54, 1.807) is 0 Å². The van der Waals surface area contributed by atoms with E-state index in [1.807, 2.05) is 48.5 Å². The van der Waals surface area contributed by atoms with E-state index in [2.05, 4.69) is 22.2 Å². The molecule has 1 heterocycles. The van der Waals surface area contributed by atoms with Crippen LogP contribution in [-0.2, 0) is 0 Å². The molecule has 21 heavy (non-hydrogen) atoms. The first-order valence-electron chi connectivity index (χ1n) is 6.79. The maximum absolute atomic E-state index is 6.15. The molecule has 0 unspecified atom stereocenters. The Morgan fingerprint density at radius 1 is 1.10 bits per heavy atom. The van der Waals surface area contributed by atoms with Crippen molar-refractivity contribution >= 4 is 46.0 Å². The molecule has 1 aliphatic rings. The molecule has 0 amide bonds. The number of likely N-dealkylation sites (N-methyl/N-ethyl adjacent to an activating group) is 1. The normalized spacial score (nSPS) is 13.8. The van der Waals surface area contributed by atoms with Gasteiger partial charge in [-0.1, -0.05) is 29.8 Å². The zero-order valence-electron chi connectivity index (χ0n) is 11.7. The van der Waals surface area contributed by atoms with Crippen molar-refractivity contribution in [2.45, 2.75) is 0 Å². The Morgan fingerprint density at radius 2 is 1.86 bits per heavy atom. The van der Waals surface area contributed by atoms with E-state index in [0.717, 1.165) is 35.2 Å². The van der Waals surface area contributed by atoms with Gasteiger partial charge in [-0.15, -0.1) is 0 Å². The van der Waals surface area contributed by atoms with E-state index >= 15 is 0 Å². The van der Waals surface area contributed by atoms with Crippen LogP contribution in [0.25, 0.3) is 0 Å². The number of hydrogen-bond donors (Lipinski definition) is 1. The number of hydrogen-bond acceptors (Lipinski definition) is 2. The fraction of sp³-hybridized carbons (Fsp3) is 0.188. The molecule has 0 bridgehead atoms. The molecule has 0 aliphatic carbocycles. The van der Waals surface area contributed by atoms with Crippen LogP contribution in [0.2, 0.25) is 5.02 Å². The minimum Gasteiger partial charge on any atom is -0.371 e. The lowest BCUT2D eigenvalue weighted by Gasteiger charge is -2.37. The van der Waals surface area contributed by atoms with E-state index in [-0.39, 0.29) is 0 Å². The Kier molecular flexibility index (Phi) is 3.99. The van der Waals surface area contributed by atoms with E-state index in [0.29, 0.717) is 5.11 Å². The lowest BCUT2D eigenvalue weighted by atomic mass is 10.2. The highest BCUT2D eigenvalue weighted by atomic mass is 35.5. The third-order valence-corrected chi connectivity index (χ3v) is 4.13. The van der Waals surface area contributed by atoms with Crippen molar-refractivity contribution in [3.63, 3.8) is 0 Å². The lowest BCUT2D eigenvalue weighted by Crippen LogP contribution is -2.44. The maximum Gasteiger partial charge on any atom is 0.178 e. The summed E-state index contributed by atoms with van der Waals surface area (Å²) in [5.41, 5.74) is 3.18. The first kappa shape index (κ1) is 14.2. The molecule has 3 nitrogen and oxygen atoms in total. The number of nitrogens with zero attached hydrogens (tertiary/aromatic N) is 2. The van der Waals surface area contributed by atoms with E-state index < -0.39 is 0 Å². The number of fused-ring (bicyclic) bond motifs is 1. The second-order valence-electron chi connectivity index (χ2n) is 5.00. The fourth-order valence-electron chi connectivity index (χ4n) is 2.45. The van der Waals surface area contributed by atoms with Crippen LogP contribution in [0.1, 0.15) is 0 Å². The number of halogens is 1. The van der Waals surface area contributed by atoms with Crippen molar-refractivity contribution in [2.75, 3.05) is 35.3 Å². The van der Waals surface area contributed by atoms with Gasteiger partial charge in [-0.25, -0.2) is 0 Å². The van der Waals surface area contributed by atoms with Crippen LogP contribution >= 0.6 is 23.8 Å². The summed E-state index contributed by atoms with van der Waals surface area (Å²) in [5.74, 6) is 0. The molecule has 5 heteroatoms. The molecule has 1 N–H and O–H groups in total. The molecule has 3 rings (SSSR count). The zero-order chi connectivity index (χ0) is 14.8. The molecule has 2 aromatic rings. The van der Waals surface area contributed by atoms with Gasteiger partial charge in [-0.2, -0.15) is 0 Å². The van der Waals surface area contributed by atoms with Crippen molar-refractivity contribution in [2.24, 2.45) is 0 Å². The summed E-state index contributed by atoms with van der Waals surface area (Å²) in [4.78, 5) is 4.32. The highest BCUT2D eigenvalue weighted by Gasteiger charge is 2.23. The number of thiocarbonyl (C=S) groups is 1. The molecule has 0 aromatic heterocycles. The third kappa shape index (κ3) is 2.96. The van der Waals surface area contributed by atoms with Gasteiger partial charge in [0.25, 0.3) is 0 Å². The van der Waals surface area contributed by atoms with Gasteiger partial charge in [-0.3, -0.25) is 0 Å². The molecule has 0 radical (unpaired) electrons. The third-order valence-electron chi connectivity index (χ3n) is 3.57. The molecule has 1 aliphatic heterocycles. The molecule has 108 valence electrons. The van der Waals surface area contributed by atoms with Gasteiger partial charge >= 0.3 is 0 Å². The van der Waals surface area contributed by atoms with Crippen molar-refractivity contribution in [3.05, 3.63) is 53.6 Å². The number of benzene rings is 2. The molecule has 0 saturated carbocycles. The van der Waals surface area contributed by atoms with E-state index in [1.165, 1.54) is 0 Å². The van der Waals surface area contributed by atoms with Crippen LogP contribution in [0.3, 0.4) is 0 Å². The van der Waals surface area contributed by atoms with Gasteiger partial charge in [0.05, 0.1) is 11.4 Å². The first-order chi connectivity index (χ1) is 10.1. The molecule has 0 saturated heterocycles. The topological polar surface area (TPSA) is 18.5 Å². The fourth-order valence-corrected chi connectivity index (χ4v) is 2.92. The Morgan fingerprint density at radius 3 is 2.62 bits per heavy atom. The monoisotopic (exact) mass is 317 g/mol. The summed E-state index contributed by atoms with van der Waals surface area (Å²) < 4.78 is 0. The van der Waals surface area contributed by atoms with E-state index in [9.17, 15) is 0 Å². The standard InChI is InChI=1S/C16H16ClN3S/c1-19-9-10-20(15-11-12(17)7-8-14(15)19)16(21)18-13-5-3-2-4-6-13/h2-8,11H,9-10H2,1H3,(H,18,21). The largest absolute Gasteiger partial charge is 0.371 e. The van der Waals surface area contributed by atoms with Crippen LogP contribution in [0.15, 0.2) is 48.5 Å². The van der Waals surface area contributed by atoms with Gasteiger partial charge in [0.1, 0.15) is 0 Å². The summed E-state index contributed by atoms with van der Waals surface area (Å²) in [6.45, 7) is 1.76. The average Bonchev–Trinajstić information content (AvgIpc) is 2.48. The SMILES string of the molecule is CN1CCN(C(=S)Nc2ccccc2)c2cc(Cl)ccc21. The molecular formula is C16H16ClN3S. The Hall–Kier alpha value is -1.78. The predicted molar refractivity (Wildman–Crippen MR) is 94.7 cm³/mol. The minimum absolute atomic E-state index is 0.692. The Labute approximate surface area is 135 Å². The average molecular weight is 318 g/mol. The lowest BCUT2D eigenvalue weighted by molar-refractivity contribution is 0.837. The van der Waals surface area contributed by atoms with Crippen LogP contribution in [0.4, 0.5) is 17.1 Å². The van der Waals surface area contributed by atoms with Crippen molar-refractivity contribution < 1.29 is 0 Å². The second-order valence-corrected chi connectivity index (χ2v) is 5.83. The van der Waals surface area contributed by atoms with Crippen molar-refractivity contribution in [1.82, 2.24) is 0 Å². The molecule has 2 aromatic carbocycles. The van der Waals surface area contributed by atoms with Gasteiger partial charge in [0.15, 0.2) is 5.11 Å². The summed E-state index contributed by atoms with van der Waals surface area (Å²) in [7, 11) is 2.08. The summed E-state index contributed by atoms with van der Waals surface area (Å²) in [6, 6.07) is 15.9. The summed E-state index contributed by atoms with van der Waals surface area (Å²) in [5, 5.41) is 4.69. The van der Waals surface area contributed by atoms with Gasteiger partial charge in [-0.05, 0) is 42.5 Å². The highest BCUT2D eigenvalue weighted by molar-refractivity contribution is 7.80. The Bertz CT molecular complexity index is 660. The van der Waals surface area contributed by atoms with Gasteiger partial charge in [0, 0.05) is 30.8 Å². The van der Waals surface area contributed by atoms with Crippen LogP contribution in [0, 0.1) is 0 Å². The second kappa shape index (κ2) is 5.92. The summed E-state index contributed by atoms with van der Waals surface area (Å²) in [6.07, 6.45) is 0. The molecule has 0 atom stereocenters. The maximum atomic E-state index is 6.15. The van der Waals surface area contributed by atoms with E-state index in [4.69, 9.17) is 23.8 Å². The first-order valence-corrected chi connectivity index (χ1v) is 7.58. The van der Waals surface area contributed by atoms with Crippen molar-refractivity contribution in [1.29, 1.82) is 0 Å². The number of nitrogens with one attached hydrogen (secondary N) is 1. The predicted octanol–water partition coefficient (Wildman–Crippen LogP) is 3.99. The van der Waals surface area contributed by atoms with Crippen LogP contribution in [0.5, 0.6) is 0 Å². The highest BCUT2D eigenvalue weighted by Crippen LogP contribution is 2.34. The molecular weight excluding hydrogens is 302 g/mol. The number of anilines is 3. The number of rotatable bonds is 1. The van der Waals surface area contributed by atoms with Gasteiger partial charge < -0.3 is 15.1 Å². The number of para-hydroxylation sites is 1. The molecule has 0 fully saturated rings. The van der Waals surface area contributed by atoms with Gasteiger partial charge in [0.2, 0.25) is 0 Å². The van der Waals surface area contributed by atoms with Crippen molar-refractivity contribution in [3.8, 4) is 0 Å².